The first-order valence-corrected chi connectivity index (χ1v) is 9.71. The van der Waals surface area contributed by atoms with Gasteiger partial charge in [-0.25, -0.2) is 4.98 Å². The highest BCUT2D eigenvalue weighted by atomic mass is 16.2. The largest absolute Gasteiger partial charge is 0.352 e. The Morgan fingerprint density at radius 1 is 0.967 bits per heavy atom. The molecule has 3 aromatic rings. The molecule has 1 aliphatic heterocycles. The number of amides is 1. The van der Waals surface area contributed by atoms with Crippen LogP contribution in [0.25, 0.3) is 0 Å². The van der Waals surface area contributed by atoms with E-state index in [1.54, 1.807) is 24.3 Å². The number of nitrogens with zero attached hydrogens (tertiary/aromatic N) is 6. The Kier molecular flexibility index (Phi) is 5.52. The molecule has 2 aromatic heterocycles. The number of benzene rings is 1. The van der Waals surface area contributed by atoms with Crippen molar-refractivity contribution in [2.24, 2.45) is 0 Å². The minimum atomic E-state index is -0.0181. The van der Waals surface area contributed by atoms with Gasteiger partial charge in [-0.1, -0.05) is 6.07 Å². The zero-order chi connectivity index (χ0) is 20.9. The van der Waals surface area contributed by atoms with Crippen LogP contribution >= 0.6 is 0 Å². The van der Waals surface area contributed by atoms with Crippen molar-refractivity contribution in [2.45, 2.75) is 6.92 Å². The molecular weight excluding hydrogens is 378 g/mol. The molecule has 4 rings (SSSR count). The van der Waals surface area contributed by atoms with E-state index in [9.17, 15) is 4.79 Å². The van der Waals surface area contributed by atoms with Gasteiger partial charge < -0.3 is 15.1 Å². The summed E-state index contributed by atoms with van der Waals surface area (Å²) in [6, 6.07) is 18.4. The van der Waals surface area contributed by atoms with Crippen LogP contribution in [0, 0.1) is 18.3 Å². The van der Waals surface area contributed by atoms with Crippen molar-refractivity contribution < 1.29 is 4.79 Å². The summed E-state index contributed by atoms with van der Waals surface area (Å²) in [6.45, 7) is 4.51. The van der Waals surface area contributed by atoms with Crippen molar-refractivity contribution in [3.8, 4) is 6.07 Å². The number of aryl methyl sites for hydroxylation is 1. The summed E-state index contributed by atoms with van der Waals surface area (Å²) in [6.07, 6.45) is 0. The summed E-state index contributed by atoms with van der Waals surface area (Å²) in [4.78, 5) is 21.0. The number of hydrogen-bond donors (Lipinski definition) is 1. The van der Waals surface area contributed by atoms with Crippen molar-refractivity contribution in [2.75, 3.05) is 36.4 Å². The van der Waals surface area contributed by atoms with Gasteiger partial charge in [-0.05, 0) is 55.5 Å². The van der Waals surface area contributed by atoms with E-state index in [4.69, 9.17) is 5.26 Å². The average Bonchev–Trinajstić information content (AvgIpc) is 2.79. The minimum absolute atomic E-state index is 0.0181. The molecule has 0 spiro atoms. The van der Waals surface area contributed by atoms with Crippen molar-refractivity contribution in [1.82, 2.24) is 20.1 Å². The van der Waals surface area contributed by atoms with Crippen LogP contribution in [0.5, 0.6) is 0 Å². The lowest BCUT2D eigenvalue weighted by atomic mass is 10.1. The highest BCUT2D eigenvalue weighted by Crippen LogP contribution is 2.18. The number of carbonyl (C=O) groups is 1. The molecule has 1 amide bonds. The first kappa shape index (κ1) is 19.3. The van der Waals surface area contributed by atoms with E-state index in [1.165, 1.54) is 0 Å². The summed E-state index contributed by atoms with van der Waals surface area (Å²) in [5, 5.41) is 20.6. The predicted octanol–water partition coefficient (Wildman–Crippen LogP) is 2.76. The Balaban J connectivity index is 1.34. The third-order valence-electron chi connectivity index (χ3n) is 4.95. The zero-order valence-corrected chi connectivity index (χ0v) is 16.6. The molecule has 0 atom stereocenters. The third-order valence-corrected chi connectivity index (χ3v) is 4.95. The number of nitrogens with one attached hydrogen (secondary N) is 1. The Labute approximate surface area is 174 Å². The summed E-state index contributed by atoms with van der Waals surface area (Å²) >= 11 is 0. The normalized spacial score (nSPS) is 13.6. The van der Waals surface area contributed by atoms with Crippen LogP contribution in [0.3, 0.4) is 0 Å². The predicted molar refractivity (Wildman–Crippen MR) is 114 cm³/mol. The Bertz CT molecular complexity index is 1070. The number of nitriles is 1. The molecule has 1 saturated heterocycles. The van der Waals surface area contributed by atoms with E-state index in [1.807, 2.05) is 42.2 Å². The van der Waals surface area contributed by atoms with Gasteiger partial charge in [-0.15, -0.1) is 10.2 Å². The quantitative estimate of drug-likeness (QED) is 0.720. The van der Waals surface area contributed by atoms with Crippen molar-refractivity contribution in [3.05, 3.63) is 71.4 Å². The smallest absolute Gasteiger partial charge is 0.253 e. The second-order valence-corrected chi connectivity index (χ2v) is 7.03. The van der Waals surface area contributed by atoms with E-state index in [2.05, 4.69) is 31.5 Å². The molecule has 0 saturated carbocycles. The lowest BCUT2D eigenvalue weighted by molar-refractivity contribution is 0.0746. The molecule has 1 N–H and O–H groups in total. The van der Waals surface area contributed by atoms with E-state index in [-0.39, 0.29) is 5.91 Å². The van der Waals surface area contributed by atoms with Crippen molar-refractivity contribution in [3.63, 3.8) is 0 Å². The monoisotopic (exact) mass is 399 g/mol. The first-order chi connectivity index (χ1) is 14.6. The average molecular weight is 399 g/mol. The molecule has 8 nitrogen and oxygen atoms in total. The Morgan fingerprint density at radius 3 is 2.37 bits per heavy atom. The van der Waals surface area contributed by atoms with Crippen LogP contribution in [0.1, 0.15) is 21.6 Å². The van der Waals surface area contributed by atoms with Gasteiger partial charge in [-0.3, -0.25) is 4.79 Å². The lowest BCUT2D eigenvalue weighted by Crippen LogP contribution is -2.49. The number of anilines is 3. The van der Waals surface area contributed by atoms with Gasteiger partial charge >= 0.3 is 0 Å². The maximum absolute atomic E-state index is 12.7. The molecule has 0 radical (unpaired) electrons. The molecule has 3 heterocycles. The number of piperazine rings is 1. The molecule has 1 aliphatic rings. The van der Waals surface area contributed by atoms with Crippen LogP contribution in [-0.2, 0) is 0 Å². The lowest BCUT2D eigenvalue weighted by Gasteiger charge is -2.35. The molecule has 0 bridgehead atoms. The maximum atomic E-state index is 12.7. The second-order valence-electron chi connectivity index (χ2n) is 7.03. The molecule has 0 unspecified atom stereocenters. The molecule has 8 heteroatoms. The standard InChI is InChI=1S/C22H21N7O/c1-16-3-2-4-19(24-16)25-20-9-10-21(27-26-20)28-11-13-29(14-12-28)22(30)18-7-5-17(15-23)6-8-18/h2-10H,11-14H2,1H3,(H,24,25,26). The van der Waals surface area contributed by atoms with Crippen molar-refractivity contribution in [1.29, 1.82) is 5.26 Å². The van der Waals surface area contributed by atoms with E-state index >= 15 is 0 Å². The maximum Gasteiger partial charge on any atom is 0.253 e. The van der Waals surface area contributed by atoms with Crippen LogP contribution in [-0.4, -0.2) is 52.2 Å². The highest BCUT2D eigenvalue weighted by Gasteiger charge is 2.23. The Morgan fingerprint density at radius 2 is 1.73 bits per heavy atom. The highest BCUT2D eigenvalue weighted by molar-refractivity contribution is 5.94. The van der Waals surface area contributed by atoms with Crippen LogP contribution in [0.2, 0.25) is 0 Å². The molecule has 150 valence electrons. The number of hydrogen-bond acceptors (Lipinski definition) is 7. The fourth-order valence-corrected chi connectivity index (χ4v) is 3.31. The first-order valence-electron chi connectivity index (χ1n) is 9.71. The second kappa shape index (κ2) is 8.57. The van der Waals surface area contributed by atoms with E-state index in [0.29, 0.717) is 43.1 Å². The van der Waals surface area contributed by atoms with Crippen molar-refractivity contribution >= 4 is 23.4 Å². The van der Waals surface area contributed by atoms with Crippen LogP contribution in [0.4, 0.5) is 17.5 Å². The van der Waals surface area contributed by atoms with E-state index < -0.39 is 0 Å². The zero-order valence-electron chi connectivity index (χ0n) is 16.6. The number of aromatic nitrogens is 3. The SMILES string of the molecule is Cc1cccc(Nc2ccc(N3CCN(C(=O)c4ccc(C#N)cc4)CC3)nn2)n1. The van der Waals surface area contributed by atoms with E-state index in [0.717, 1.165) is 17.3 Å². The van der Waals surface area contributed by atoms with Gasteiger partial charge in [-0.2, -0.15) is 5.26 Å². The fraction of sp³-hybridized carbons (Fsp3) is 0.227. The summed E-state index contributed by atoms with van der Waals surface area (Å²) < 4.78 is 0. The molecule has 1 aromatic carbocycles. The van der Waals surface area contributed by atoms with Crippen LogP contribution in [0.15, 0.2) is 54.6 Å². The minimum Gasteiger partial charge on any atom is -0.352 e. The topological polar surface area (TPSA) is 98.0 Å². The van der Waals surface area contributed by atoms with Gasteiger partial charge in [0.05, 0.1) is 11.6 Å². The number of pyridine rings is 1. The molecule has 30 heavy (non-hydrogen) atoms. The van der Waals surface area contributed by atoms with Gasteiger partial charge in [0, 0.05) is 37.4 Å². The Hall–Kier alpha value is -3.99. The van der Waals surface area contributed by atoms with Gasteiger partial charge in [0.25, 0.3) is 5.91 Å². The third kappa shape index (κ3) is 4.36. The molecular formula is C22H21N7O. The number of carbonyl (C=O) groups excluding carboxylic acids is 1. The van der Waals surface area contributed by atoms with Gasteiger partial charge in [0.2, 0.25) is 0 Å². The molecule has 1 fully saturated rings. The van der Waals surface area contributed by atoms with Crippen LogP contribution < -0.4 is 10.2 Å². The summed E-state index contributed by atoms with van der Waals surface area (Å²) in [7, 11) is 0. The summed E-state index contributed by atoms with van der Waals surface area (Å²) in [5.74, 6) is 2.12. The number of rotatable bonds is 4. The summed E-state index contributed by atoms with van der Waals surface area (Å²) in [5.41, 5.74) is 2.08. The van der Waals surface area contributed by atoms with Gasteiger partial charge in [0.15, 0.2) is 11.6 Å². The molecule has 0 aliphatic carbocycles. The fourth-order valence-electron chi connectivity index (χ4n) is 3.31. The van der Waals surface area contributed by atoms with Gasteiger partial charge in [0.1, 0.15) is 5.82 Å².